The van der Waals surface area contributed by atoms with Gasteiger partial charge in [0.05, 0.1) is 23.8 Å². The van der Waals surface area contributed by atoms with E-state index in [1.807, 2.05) is 30.3 Å². The molecule has 4 aromatic rings. The number of amides is 2. The molecule has 0 aliphatic heterocycles. The summed E-state index contributed by atoms with van der Waals surface area (Å²) in [5.41, 5.74) is 1.93. The lowest BCUT2D eigenvalue weighted by molar-refractivity contribution is -0.115. The van der Waals surface area contributed by atoms with E-state index in [-0.39, 0.29) is 17.6 Å². The highest BCUT2D eigenvalue weighted by Gasteiger charge is 2.18. The topological polar surface area (TPSA) is 107 Å². The Hall–Kier alpha value is -3.46. The molecular weight excluding hydrogens is 418 g/mol. The molecule has 2 amide bonds. The number of carbonyl (C=O) groups is 2. The number of aromatic nitrogens is 1. The number of rotatable bonds is 7. The minimum atomic E-state index is -0.456. The van der Waals surface area contributed by atoms with E-state index in [0.717, 1.165) is 16.4 Å². The Balaban J connectivity index is 1.41. The SMILES string of the molecule is COc1cc2c(cc1NC(=O)CSC(C)C(=O)Nc1cc(C)on1)oc1ccccc12. The van der Waals surface area contributed by atoms with Crippen LogP contribution in [0.5, 0.6) is 5.75 Å². The summed E-state index contributed by atoms with van der Waals surface area (Å²) >= 11 is 1.21. The van der Waals surface area contributed by atoms with Gasteiger partial charge >= 0.3 is 0 Å². The van der Waals surface area contributed by atoms with Crippen LogP contribution >= 0.6 is 11.8 Å². The van der Waals surface area contributed by atoms with Crippen molar-refractivity contribution in [1.82, 2.24) is 5.16 Å². The van der Waals surface area contributed by atoms with E-state index in [1.165, 1.54) is 11.8 Å². The van der Waals surface area contributed by atoms with Gasteiger partial charge in [0.2, 0.25) is 11.8 Å². The van der Waals surface area contributed by atoms with Crippen LogP contribution in [0.25, 0.3) is 21.9 Å². The second-order valence-corrected chi connectivity index (χ2v) is 8.29. The number of aryl methyl sites for hydroxylation is 1. The highest BCUT2D eigenvalue weighted by Crippen LogP contribution is 2.36. The second kappa shape index (κ2) is 8.73. The molecule has 160 valence electrons. The Morgan fingerprint density at radius 3 is 2.68 bits per heavy atom. The van der Waals surface area contributed by atoms with E-state index in [2.05, 4.69) is 15.8 Å². The van der Waals surface area contributed by atoms with Gasteiger partial charge in [-0.2, -0.15) is 0 Å². The zero-order chi connectivity index (χ0) is 22.0. The molecule has 0 spiro atoms. The van der Waals surface area contributed by atoms with Crippen molar-refractivity contribution >= 4 is 57.0 Å². The van der Waals surface area contributed by atoms with Crippen molar-refractivity contribution in [3.8, 4) is 5.75 Å². The number of fused-ring (bicyclic) bond motifs is 3. The molecule has 1 unspecified atom stereocenters. The van der Waals surface area contributed by atoms with Gasteiger partial charge < -0.3 is 24.3 Å². The van der Waals surface area contributed by atoms with Crippen LogP contribution in [-0.2, 0) is 9.59 Å². The Kier molecular flexibility index (Phi) is 5.85. The van der Waals surface area contributed by atoms with E-state index in [1.54, 1.807) is 33.1 Å². The predicted octanol–water partition coefficient (Wildman–Crippen LogP) is 4.59. The number of ether oxygens (including phenoxy) is 1. The number of thioether (sulfide) groups is 1. The molecule has 0 aliphatic rings. The Morgan fingerprint density at radius 2 is 1.94 bits per heavy atom. The van der Waals surface area contributed by atoms with Gasteiger partial charge in [-0.1, -0.05) is 23.4 Å². The van der Waals surface area contributed by atoms with Crippen LogP contribution in [0.2, 0.25) is 0 Å². The van der Waals surface area contributed by atoms with Gasteiger partial charge in [0.15, 0.2) is 5.82 Å². The van der Waals surface area contributed by atoms with Crippen molar-refractivity contribution in [2.75, 3.05) is 23.5 Å². The van der Waals surface area contributed by atoms with Crippen LogP contribution in [-0.4, -0.2) is 35.1 Å². The minimum Gasteiger partial charge on any atom is -0.495 e. The van der Waals surface area contributed by atoms with Crippen LogP contribution in [0.4, 0.5) is 11.5 Å². The third-order valence-electron chi connectivity index (χ3n) is 4.69. The number of carbonyl (C=O) groups excluding carboxylic acids is 2. The summed E-state index contributed by atoms with van der Waals surface area (Å²) in [6.45, 7) is 3.46. The van der Waals surface area contributed by atoms with E-state index >= 15 is 0 Å². The summed E-state index contributed by atoms with van der Waals surface area (Å²) in [6, 6.07) is 12.9. The maximum Gasteiger partial charge on any atom is 0.238 e. The normalized spacial score (nSPS) is 12.1. The summed E-state index contributed by atoms with van der Waals surface area (Å²) in [6.07, 6.45) is 0. The molecular formula is C22H21N3O5S. The number of para-hydroxylation sites is 1. The molecule has 0 saturated carbocycles. The number of hydrogen-bond acceptors (Lipinski definition) is 7. The van der Waals surface area contributed by atoms with E-state index in [9.17, 15) is 9.59 Å². The Labute approximate surface area is 182 Å². The Bertz CT molecular complexity index is 1260. The first-order valence-corrected chi connectivity index (χ1v) is 10.6. The van der Waals surface area contributed by atoms with Crippen molar-refractivity contribution in [3.63, 3.8) is 0 Å². The van der Waals surface area contributed by atoms with Crippen LogP contribution in [0.15, 0.2) is 51.4 Å². The summed E-state index contributed by atoms with van der Waals surface area (Å²) in [7, 11) is 1.55. The lowest BCUT2D eigenvalue weighted by Gasteiger charge is -2.12. The highest BCUT2D eigenvalue weighted by molar-refractivity contribution is 8.01. The number of nitrogens with zero attached hydrogens (tertiary/aromatic N) is 1. The van der Waals surface area contributed by atoms with Crippen LogP contribution in [0, 0.1) is 6.92 Å². The summed E-state index contributed by atoms with van der Waals surface area (Å²) in [4.78, 5) is 24.7. The van der Waals surface area contributed by atoms with Crippen molar-refractivity contribution in [2.24, 2.45) is 0 Å². The summed E-state index contributed by atoms with van der Waals surface area (Å²) in [5, 5.41) is 10.7. The predicted molar refractivity (Wildman–Crippen MR) is 121 cm³/mol. The summed E-state index contributed by atoms with van der Waals surface area (Å²) in [5.74, 6) is 1.06. The largest absolute Gasteiger partial charge is 0.495 e. The average Bonchev–Trinajstić information content (AvgIpc) is 3.33. The number of methoxy groups -OCH3 is 1. The van der Waals surface area contributed by atoms with Crippen molar-refractivity contribution in [2.45, 2.75) is 19.1 Å². The van der Waals surface area contributed by atoms with Gasteiger partial charge in [-0.15, -0.1) is 11.8 Å². The van der Waals surface area contributed by atoms with Gasteiger partial charge in [0.1, 0.15) is 22.7 Å². The van der Waals surface area contributed by atoms with Crippen LogP contribution in [0.1, 0.15) is 12.7 Å². The molecule has 1 atom stereocenters. The fraction of sp³-hybridized carbons (Fsp3) is 0.227. The second-order valence-electron chi connectivity index (χ2n) is 6.96. The lowest BCUT2D eigenvalue weighted by Crippen LogP contribution is -2.25. The molecule has 2 heterocycles. The van der Waals surface area contributed by atoms with Crippen molar-refractivity contribution in [3.05, 3.63) is 48.2 Å². The first kappa shape index (κ1) is 20.8. The number of hydrogen-bond donors (Lipinski definition) is 2. The van der Waals surface area contributed by atoms with Gasteiger partial charge in [0.25, 0.3) is 0 Å². The highest BCUT2D eigenvalue weighted by atomic mass is 32.2. The third kappa shape index (κ3) is 4.51. The van der Waals surface area contributed by atoms with Gasteiger partial charge in [0, 0.05) is 22.9 Å². The smallest absolute Gasteiger partial charge is 0.238 e. The number of furan rings is 1. The molecule has 0 radical (unpaired) electrons. The van der Waals surface area contributed by atoms with Crippen LogP contribution < -0.4 is 15.4 Å². The van der Waals surface area contributed by atoms with Gasteiger partial charge in [-0.25, -0.2) is 0 Å². The number of anilines is 2. The zero-order valence-corrected chi connectivity index (χ0v) is 18.0. The standard InChI is InChI=1S/C22H21N3O5S/c1-12-8-20(25-30-12)24-22(27)13(2)31-11-21(26)23-16-10-18-15(9-19(16)28-3)14-6-4-5-7-17(14)29-18/h4-10,13H,11H2,1-3H3,(H,23,26)(H,24,25,27). The molecule has 2 aromatic carbocycles. The Morgan fingerprint density at radius 1 is 1.13 bits per heavy atom. The van der Waals surface area contributed by atoms with E-state index in [0.29, 0.717) is 28.6 Å². The molecule has 0 saturated heterocycles. The summed E-state index contributed by atoms with van der Waals surface area (Å²) < 4.78 is 16.3. The van der Waals surface area contributed by atoms with E-state index < -0.39 is 5.25 Å². The molecule has 9 heteroatoms. The fourth-order valence-electron chi connectivity index (χ4n) is 3.13. The molecule has 0 aliphatic carbocycles. The zero-order valence-electron chi connectivity index (χ0n) is 17.2. The number of nitrogens with one attached hydrogen (secondary N) is 2. The van der Waals surface area contributed by atoms with Gasteiger partial charge in [-0.05, 0) is 26.0 Å². The number of benzene rings is 2. The fourth-order valence-corrected chi connectivity index (χ4v) is 3.82. The molecule has 2 aromatic heterocycles. The third-order valence-corrected chi connectivity index (χ3v) is 5.83. The average molecular weight is 439 g/mol. The molecule has 0 fully saturated rings. The maximum atomic E-state index is 12.5. The van der Waals surface area contributed by atoms with Crippen molar-refractivity contribution in [1.29, 1.82) is 0 Å². The first-order valence-electron chi connectivity index (χ1n) is 9.59. The quantitative estimate of drug-likeness (QED) is 0.434. The molecule has 31 heavy (non-hydrogen) atoms. The molecule has 4 rings (SSSR count). The monoisotopic (exact) mass is 439 g/mol. The molecule has 2 N–H and O–H groups in total. The van der Waals surface area contributed by atoms with Crippen molar-refractivity contribution < 1.29 is 23.3 Å². The van der Waals surface area contributed by atoms with E-state index in [4.69, 9.17) is 13.7 Å². The maximum absolute atomic E-state index is 12.5. The molecule has 0 bridgehead atoms. The van der Waals surface area contributed by atoms with Crippen LogP contribution in [0.3, 0.4) is 0 Å². The van der Waals surface area contributed by atoms with Gasteiger partial charge in [-0.3, -0.25) is 9.59 Å². The lowest BCUT2D eigenvalue weighted by atomic mass is 10.1. The first-order chi connectivity index (χ1) is 14.9. The minimum absolute atomic E-state index is 0.0910. The molecule has 8 nitrogen and oxygen atoms in total.